The highest BCUT2D eigenvalue weighted by Crippen LogP contribution is 2.19. The number of aryl methyl sites for hydroxylation is 2. The van der Waals surface area contributed by atoms with Crippen LogP contribution in [-0.2, 0) is 16.0 Å². The van der Waals surface area contributed by atoms with Crippen LogP contribution >= 0.6 is 0 Å². The second-order valence-corrected chi connectivity index (χ2v) is 3.98. The summed E-state index contributed by atoms with van der Waals surface area (Å²) in [6.45, 7) is 3.88. The van der Waals surface area contributed by atoms with E-state index in [9.17, 15) is 4.79 Å². The lowest BCUT2D eigenvalue weighted by atomic mass is 10.00. The van der Waals surface area contributed by atoms with Crippen molar-refractivity contribution in [3.05, 3.63) is 28.8 Å². The monoisotopic (exact) mass is 222 g/mol. The maximum Gasteiger partial charge on any atom is 0.322 e. The maximum absolute atomic E-state index is 11.2. The number of esters is 1. The number of hydrogen-bond acceptors (Lipinski definition) is 4. The van der Waals surface area contributed by atoms with Gasteiger partial charge < -0.3 is 16.2 Å². The molecule has 4 nitrogen and oxygen atoms in total. The van der Waals surface area contributed by atoms with Crippen molar-refractivity contribution in [3.8, 4) is 0 Å². The Balaban J connectivity index is 2.86. The number of methoxy groups -OCH3 is 1. The molecule has 0 spiro atoms. The first-order chi connectivity index (χ1) is 7.45. The number of carbonyl (C=O) groups excluding carboxylic acids is 1. The second kappa shape index (κ2) is 4.99. The summed E-state index contributed by atoms with van der Waals surface area (Å²) in [5.74, 6) is -0.396. The van der Waals surface area contributed by atoms with Crippen LogP contribution in [0.2, 0.25) is 0 Å². The van der Waals surface area contributed by atoms with E-state index in [1.807, 2.05) is 26.0 Å². The number of carbonyl (C=O) groups is 1. The molecule has 0 unspecified atom stereocenters. The van der Waals surface area contributed by atoms with Crippen LogP contribution in [0.15, 0.2) is 12.1 Å². The fraction of sp³-hybridized carbons (Fsp3) is 0.417. The van der Waals surface area contributed by atoms with Crippen LogP contribution in [0.4, 0.5) is 5.69 Å². The van der Waals surface area contributed by atoms with E-state index in [2.05, 4.69) is 4.74 Å². The van der Waals surface area contributed by atoms with Gasteiger partial charge >= 0.3 is 5.97 Å². The Morgan fingerprint density at radius 1 is 1.38 bits per heavy atom. The second-order valence-electron chi connectivity index (χ2n) is 3.98. The van der Waals surface area contributed by atoms with Gasteiger partial charge in [-0.3, -0.25) is 4.79 Å². The molecule has 0 radical (unpaired) electrons. The third kappa shape index (κ3) is 2.73. The molecule has 0 heterocycles. The first-order valence-electron chi connectivity index (χ1n) is 5.14. The molecule has 0 bridgehead atoms. The van der Waals surface area contributed by atoms with Gasteiger partial charge in [-0.15, -0.1) is 0 Å². The van der Waals surface area contributed by atoms with Crippen molar-refractivity contribution in [2.75, 3.05) is 12.8 Å². The van der Waals surface area contributed by atoms with Gasteiger partial charge in [-0.25, -0.2) is 0 Å². The Morgan fingerprint density at radius 3 is 2.31 bits per heavy atom. The van der Waals surface area contributed by atoms with Crippen molar-refractivity contribution in [3.63, 3.8) is 0 Å². The van der Waals surface area contributed by atoms with Crippen molar-refractivity contribution in [1.29, 1.82) is 0 Å². The van der Waals surface area contributed by atoms with E-state index < -0.39 is 12.0 Å². The van der Waals surface area contributed by atoms with Gasteiger partial charge in [0.15, 0.2) is 0 Å². The molecule has 88 valence electrons. The van der Waals surface area contributed by atoms with Crippen LogP contribution < -0.4 is 11.5 Å². The smallest absolute Gasteiger partial charge is 0.322 e. The average Bonchev–Trinajstić information content (AvgIpc) is 2.24. The highest BCUT2D eigenvalue weighted by molar-refractivity contribution is 5.75. The zero-order valence-electron chi connectivity index (χ0n) is 9.91. The lowest BCUT2D eigenvalue weighted by Crippen LogP contribution is -2.33. The minimum Gasteiger partial charge on any atom is -0.468 e. The van der Waals surface area contributed by atoms with Crippen LogP contribution in [-0.4, -0.2) is 19.1 Å². The minimum absolute atomic E-state index is 0.396. The summed E-state index contributed by atoms with van der Waals surface area (Å²) in [4.78, 5) is 11.2. The summed E-state index contributed by atoms with van der Waals surface area (Å²) in [6.07, 6.45) is 0.467. The molecule has 0 aliphatic rings. The molecular weight excluding hydrogens is 204 g/mol. The number of hydrogen-bond donors (Lipinski definition) is 2. The Morgan fingerprint density at radius 2 is 1.88 bits per heavy atom. The van der Waals surface area contributed by atoms with Gasteiger partial charge in [-0.1, -0.05) is 12.1 Å². The van der Waals surface area contributed by atoms with E-state index >= 15 is 0 Å². The molecule has 0 aromatic heterocycles. The Kier molecular flexibility index (Phi) is 3.90. The summed E-state index contributed by atoms with van der Waals surface area (Å²) < 4.78 is 4.58. The molecule has 4 N–H and O–H groups in total. The van der Waals surface area contributed by atoms with E-state index in [1.54, 1.807) is 0 Å². The normalized spacial score (nSPS) is 12.2. The number of rotatable bonds is 3. The summed E-state index contributed by atoms with van der Waals surface area (Å²) in [7, 11) is 1.33. The number of ether oxygens (including phenoxy) is 1. The molecule has 1 rings (SSSR count). The number of benzene rings is 1. The standard InChI is InChI=1S/C12H18N2O2/c1-7-4-9(5-8(2)11(7)14)6-10(13)12(15)16-3/h4-5,10H,6,13-14H2,1-3H3/t10-/m1/s1. The van der Waals surface area contributed by atoms with Crippen molar-refractivity contribution < 1.29 is 9.53 Å². The molecule has 16 heavy (non-hydrogen) atoms. The molecular formula is C12H18N2O2. The summed E-state index contributed by atoms with van der Waals surface area (Å²) in [5.41, 5.74) is 15.3. The van der Waals surface area contributed by atoms with Gasteiger partial charge in [0.05, 0.1) is 7.11 Å². The fourth-order valence-corrected chi connectivity index (χ4v) is 1.67. The van der Waals surface area contributed by atoms with Crippen LogP contribution in [0.1, 0.15) is 16.7 Å². The third-order valence-corrected chi connectivity index (χ3v) is 2.61. The SMILES string of the molecule is COC(=O)[C@H](N)Cc1cc(C)c(N)c(C)c1. The first kappa shape index (κ1) is 12.5. The average molecular weight is 222 g/mol. The first-order valence-corrected chi connectivity index (χ1v) is 5.14. The fourth-order valence-electron chi connectivity index (χ4n) is 1.67. The lowest BCUT2D eigenvalue weighted by molar-refractivity contribution is -0.142. The van der Waals surface area contributed by atoms with Gasteiger partial charge in [0, 0.05) is 5.69 Å². The third-order valence-electron chi connectivity index (χ3n) is 2.61. The van der Waals surface area contributed by atoms with E-state index in [1.165, 1.54) is 7.11 Å². The highest BCUT2D eigenvalue weighted by atomic mass is 16.5. The zero-order chi connectivity index (χ0) is 12.3. The lowest BCUT2D eigenvalue weighted by Gasteiger charge is -2.12. The molecule has 1 aromatic rings. The maximum atomic E-state index is 11.2. The van der Waals surface area contributed by atoms with Crippen molar-refractivity contribution in [1.82, 2.24) is 0 Å². The molecule has 0 amide bonds. The quantitative estimate of drug-likeness (QED) is 0.589. The topological polar surface area (TPSA) is 78.3 Å². The van der Waals surface area contributed by atoms with Gasteiger partial charge in [-0.2, -0.15) is 0 Å². The van der Waals surface area contributed by atoms with E-state index in [-0.39, 0.29) is 0 Å². The molecule has 1 aromatic carbocycles. The molecule has 0 saturated carbocycles. The Bertz CT molecular complexity index is 379. The summed E-state index contributed by atoms with van der Waals surface area (Å²) >= 11 is 0. The molecule has 0 aliphatic heterocycles. The van der Waals surface area contributed by atoms with Crippen LogP contribution in [0, 0.1) is 13.8 Å². The van der Waals surface area contributed by atoms with Crippen LogP contribution in [0.3, 0.4) is 0 Å². The van der Waals surface area contributed by atoms with Gasteiger partial charge in [0.1, 0.15) is 6.04 Å². The molecule has 0 saturated heterocycles. The van der Waals surface area contributed by atoms with Gasteiger partial charge in [0.2, 0.25) is 0 Å². The van der Waals surface area contributed by atoms with Crippen molar-refractivity contribution >= 4 is 11.7 Å². The number of nitrogens with two attached hydrogens (primary N) is 2. The highest BCUT2D eigenvalue weighted by Gasteiger charge is 2.14. The van der Waals surface area contributed by atoms with Crippen LogP contribution in [0.25, 0.3) is 0 Å². The zero-order valence-corrected chi connectivity index (χ0v) is 9.91. The van der Waals surface area contributed by atoms with Gasteiger partial charge in [0.25, 0.3) is 0 Å². The Hall–Kier alpha value is -1.55. The number of anilines is 1. The Labute approximate surface area is 95.6 Å². The summed E-state index contributed by atoms with van der Waals surface area (Å²) in [5, 5.41) is 0. The van der Waals surface area contributed by atoms with Gasteiger partial charge in [-0.05, 0) is 37.0 Å². The minimum atomic E-state index is -0.618. The predicted molar refractivity (Wildman–Crippen MR) is 64.0 cm³/mol. The van der Waals surface area contributed by atoms with E-state index in [0.29, 0.717) is 6.42 Å². The molecule has 1 atom stereocenters. The van der Waals surface area contributed by atoms with E-state index in [0.717, 1.165) is 22.4 Å². The van der Waals surface area contributed by atoms with Crippen LogP contribution in [0.5, 0.6) is 0 Å². The molecule has 4 heteroatoms. The number of nitrogen functional groups attached to an aromatic ring is 1. The largest absolute Gasteiger partial charge is 0.468 e. The summed E-state index contributed by atoms with van der Waals surface area (Å²) in [6, 6.07) is 3.28. The van der Waals surface area contributed by atoms with Crippen molar-refractivity contribution in [2.24, 2.45) is 5.73 Å². The molecule has 0 aliphatic carbocycles. The predicted octanol–water partition coefficient (Wildman–Crippen LogP) is 0.928. The van der Waals surface area contributed by atoms with E-state index in [4.69, 9.17) is 11.5 Å². The molecule has 0 fully saturated rings. The van der Waals surface area contributed by atoms with Crippen molar-refractivity contribution in [2.45, 2.75) is 26.3 Å².